The molecule has 3 nitrogen and oxygen atoms in total. The molecule has 92 valence electrons. The van der Waals surface area contributed by atoms with E-state index in [0.717, 1.165) is 22.8 Å². The fourth-order valence-corrected chi connectivity index (χ4v) is 1.99. The molecule has 0 aliphatic carbocycles. The van der Waals surface area contributed by atoms with E-state index < -0.39 is 0 Å². The van der Waals surface area contributed by atoms with E-state index >= 15 is 0 Å². The van der Waals surface area contributed by atoms with Crippen LogP contribution in [0.3, 0.4) is 0 Å². The first-order valence-corrected chi connectivity index (χ1v) is 6.18. The number of rotatable bonds is 2. The van der Waals surface area contributed by atoms with Crippen LogP contribution in [0, 0.1) is 0 Å². The highest BCUT2D eigenvalue weighted by molar-refractivity contribution is 5.58. The minimum absolute atomic E-state index is 0.748. The summed E-state index contributed by atoms with van der Waals surface area (Å²) < 4.78 is 1.93. The molecule has 0 aliphatic heterocycles. The van der Waals surface area contributed by atoms with Crippen molar-refractivity contribution < 1.29 is 4.57 Å². The largest absolute Gasteiger partial charge is 0.307 e. The average Bonchev–Trinajstić information content (AvgIpc) is 2.49. The first kappa shape index (κ1) is 11.5. The van der Waals surface area contributed by atoms with Gasteiger partial charge in [0, 0.05) is 0 Å². The molecule has 0 bridgehead atoms. The lowest BCUT2D eigenvalue weighted by atomic mass is 10.2. The first-order chi connectivity index (χ1) is 9.34. The van der Waals surface area contributed by atoms with Crippen molar-refractivity contribution in [2.24, 2.45) is 7.05 Å². The third kappa shape index (κ3) is 2.36. The summed E-state index contributed by atoms with van der Waals surface area (Å²) in [4.78, 5) is 9.05. The number of aromatic nitrogens is 3. The van der Waals surface area contributed by atoms with Gasteiger partial charge >= 0.3 is 5.82 Å². The Morgan fingerprint density at radius 2 is 1.37 bits per heavy atom. The lowest BCUT2D eigenvalue weighted by Gasteiger charge is -2.01. The molecule has 0 fully saturated rings. The third-order valence-electron chi connectivity index (χ3n) is 2.96. The predicted molar refractivity (Wildman–Crippen MR) is 74.1 cm³/mol. The molecule has 1 heterocycles. The van der Waals surface area contributed by atoms with E-state index in [2.05, 4.69) is 22.1 Å². The smallest absolute Gasteiger partial charge is 0.236 e. The molecule has 2 aromatic carbocycles. The Hall–Kier alpha value is -2.55. The fraction of sp³-hybridized carbons (Fsp3) is 0.0625. The zero-order valence-corrected chi connectivity index (χ0v) is 10.7. The van der Waals surface area contributed by atoms with Crippen molar-refractivity contribution in [1.82, 2.24) is 9.97 Å². The normalized spacial score (nSPS) is 10.4. The van der Waals surface area contributed by atoms with Gasteiger partial charge in [0.1, 0.15) is 0 Å². The van der Waals surface area contributed by atoms with Crippen molar-refractivity contribution in [1.29, 1.82) is 0 Å². The van der Waals surface area contributed by atoms with Crippen LogP contribution in [0.15, 0.2) is 67.0 Å². The first-order valence-electron chi connectivity index (χ1n) is 6.18. The second-order valence-corrected chi connectivity index (χ2v) is 4.35. The van der Waals surface area contributed by atoms with Gasteiger partial charge in [-0.1, -0.05) is 46.4 Å². The highest BCUT2D eigenvalue weighted by Gasteiger charge is 2.15. The molecular weight excluding hydrogens is 234 g/mol. The Morgan fingerprint density at radius 3 is 2.00 bits per heavy atom. The van der Waals surface area contributed by atoms with Crippen LogP contribution in [0.25, 0.3) is 22.8 Å². The maximum atomic E-state index is 4.66. The summed E-state index contributed by atoms with van der Waals surface area (Å²) >= 11 is 0. The van der Waals surface area contributed by atoms with Crippen LogP contribution < -0.4 is 4.57 Å². The summed E-state index contributed by atoms with van der Waals surface area (Å²) in [5.74, 6) is 1.66. The molecule has 0 saturated heterocycles. The highest BCUT2D eigenvalue weighted by atomic mass is 15.1. The van der Waals surface area contributed by atoms with Crippen molar-refractivity contribution in [2.45, 2.75) is 0 Å². The minimum atomic E-state index is 0.748. The molecule has 3 rings (SSSR count). The maximum Gasteiger partial charge on any atom is 0.307 e. The van der Waals surface area contributed by atoms with E-state index in [-0.39, 0.29) is 0 Å². The summed E-state index contributed by atoms with van der Waals surface area (Å²) in [6.45, 7) is 0. The van der Waals surface area contributed by atoms with Gasteiger partial charge in [-0.25, -0.2) is 4.57 Å². The van der Waals surface area contributed by atoms with E-state index in [9.17, 15) is 0 Å². The topological polar surface area (TPSA) is 29.7 Å². The quantitative estimate of drug-likeness (QED) is 0.652. The van der Waals surface area contributed by atoms with Gasteiger partial charge in [-0.15, -0.1) is 0 Å². The highest BCUT2D eigenvalue weighted by Crippen LogP contribution is 2.17. The number of nitrogens with zero attached hydrogens (tertiary/aromatic N) is 3. The second-order valence-electron chi connectivity index (χ2n) is 4.35. The lowest BCUT2D eigenvalue weighted by Crippen LogP contribution is -2.33. The molecule has 0 aliphatic rings. The molecule has 0 N–H and O–H groups in total. The van der Waals surface area contributed by atoms with Crippen molar-refractivity contribution in [3.05, 3.63) is 67.0 Å². The Labute approximate surface area is 112 Å². The van der Waals surface area contributed by atoms with E-state index in [1.165, 1.54) is 0 Å². The maximum absolute atomic E-state index is 4.66. The Kier molecular flexibility index (Phi) is 3.02. The average molecular weight is 248 g/mol. The van der Waals surface area contributed by atoms with Crippen LogP contribution >= 0.6 is 0 Å². The van der Waals surface area contributed by atoms with Crippen molar-refractivity contribution in [3.63, 3.8) is 0 Å². The lowest BCUT2D eigenvalue weighted by molar-refractivity contribution is -0.666. The molecule has 0 amide bonds. The van der Waals surface area contributed by atoms with E-state index in [0.29, 0.717) is 0 Å². The van der Waals surface area contributed by atoms with Gasteiger partial charge in [0.2, 0.25) is 6.33 Å². The zero-order valence-electron chi connectivity index (χ0n) is 10.7. The van der Waals surface area contributed by atoms with Gasteiger partial charge in [-0.2, -0.15) is 0 Å². The summed E-state index contributed by atoms with van der Waals surface area (Å²) in [5, 5.41) is 0. The Balaban J connectivity index is 2.12. The fourth-order valence-electron chi connectivity index (χ4n) is 1.99. The van der Waals surface area contributed by atoms with Gasteiger partial charge in [0.05, 0.1) is 18.2 Å². The summed E-state index contributed by atoms with van der Waals surface area (Å²) in [6, 6.07) is 20.1. The van der Waals surface area contributed by atoms with Gasteiger partial charge in [-0.3, -0.25) is 0 Å². The van der Waals surface area contributed by atoms with Crippen LogP contribution in [0.2, 0.25) is 0 Å². The summed E-state index contributed by atoms with van der Waals surface area (Å²) in [6.07, 6.45) is 1.80. The van der Waals surface area contributed by atoms with E-state index in [1.54, 1.807) is 6.33 Å². The molecular formula is C16H14N3+. The third-order valence-corrected chi connectivity index (χ3v) is 2.96. The molecule has 1 aromatic heterocycles. The Bertz CT molecular complexity index is 679. The monoisotopic (exact) mass is 248 g/mol. The second kappa shape index (κ2) is 4.98. The minimum Gasteiger partial charge on any atom is -0.236 e. The molecule has 0 radical (unpaired) electrons. The summed E-state index contributed by atoms with van der Waals surface area (Å²) in [7, 11) is 1.96. The van der Waals surface area contributed by atoms with Crippen molar-refractivity contribution in [2.75, 3.05) is 0 Å². The van der Waals surface area contributed by atoms with Crippen LogP contribution in [0.5, 0.6) is 0 Å². The van der Waals surface area contributed by atoms with Gasteiger partial charge in [-0.05, 0) is 24.3 Å². The number of hydrogen-bond donors (Lipinski definition) is 0. The molecule has 0 spiro atoms. The molecule has 0 unspecified atom stereocenters. The van der Waals surface area contributed by atoms with E-state index in [4.69, 9.17) is 0 Å². The molecule has 0 saturated carbocycles. The van der Waals surface area contributed by atoms with Gasteiger partial charge in [0.15, 0.2) is 0 Å². The van der Waals surface area contributed by atoms with Crippen molar-refractivity contribution >= 4 is 0 Å². The molecule has 3 aromatic rings. The van der Waals surface area contributed by atoms with Gasteiger partial charge in [0.25, 0.3) is 5.82 Å². The van der Waals surface area contributed by atoms with Crippen molar-refractivity contribution in [3.8, 4) is 22.8 Å². The van der Waals surface area contributed by atoms with Crippen LogP contribution in [-0.2, 0) is 7.05 Å². The SMILES string of the molecule is C[n+]1cnc(-c2ccccc2)nc1-c1ccccc1. The zero-order chi connectivity index (χ0) is 13.1. The van der Waals surface area contributed by atoms with Gasteiger partial charge < -0.3 is 0 Å². The number of benzene rings is 2. The molecule has 19 heavy (non-hydrogen) atoms. The Morgan fingerprint density at radius 1 is 0.789 bits per heavy atom. The predicted octanol–water partition coefficient (Wildman–Crippen LogP) is 2.64. The van der Waals surface area contributed by atoms with E-state index in [1.807, 2.05) is 60.1 Å². The number of hydrogen-bond acceptors (Lipinski definition) is 2. The van der Waals surface area contributed by atoms with Crippen LogP contribution in [-0.4, -0.2) is 9.97 Å². The molecule has 3 heteroatoms. The number of aryl methyl sites for hydroxylation is 1. The standard InChI is InChI=1S/C16H14N3/c1-19-12-17-15(13-8-4-2-5-9-13)18-16(19)14-10-6-3-7-11-14/h2-12H,1H3/q+1. The summed E-state index contributed by atoms with van der Waals surface area (Å²) in [5.41, 5.74) is 2.12. The van der Waals surface area contributed by atoms with Crippen LogP contribution in [0.4, 0.5) is 0 Å². The molecule has 0 atom stereocenters. The van der Waals surface area contributed by atoms with Crippen LogP contribution in [0.1, 0.15) is 0 Å².